The molecule has 3 aromatic rings. The van der Waals surface area contributed by atoms with Crippen molar-refractivity contribution < 1.29 is 17.9 Å². The van der Waals surface area contributed by atoms with Crippen molar-refractivity contribution in [2.45, 2.75) is 25.3 Å². The van der Waals surface area contributed by atoms with E-state index < -0.39 is 15.9 Å². The molecule has 29 heavy (non-hydrogen) atoms. The third-order valence-corrected chi connectivity index (χ3v) is 7.23. The van der Waals surface area contributed by atoms with Gasteiger partial charge in [-0.2, -0.15) is 4.99 Å². The fraction of sp³-hybridized carbons (Fsp3) is 0.300. The highest BCUT2D eigenvalue weighted by atomic mass is 32.2. The number of amides is 1. The number of benzene rings is 2. The molecule has 3 rings (SSSR count). The zero-order chi connectivity index (χ0) is 21.2. The second kappa shape index (κ2) is 8.48. The van der Waals surface area contributed by atoms with Gasteiger partial charge in [0.15, 0.2) is 4.80 Å². The average Bonchev–Trinajstić information content (AvgIpc) is 3.06. The van der Waals surface area contributed by atoms with Crippen molar-refractivity contribution in [1.29, 1.82) is 0 Å². The van der Waals surface area contributed by atoms with Crippen molar-refractivity contribution in [2.75, 3.05) is 20.7 Å². The topological polar surface area (TPSA) is 81.0 Å². The number of fused-ring (bicyclic) bond motifs is 1. The maximum atomic E-state index is 12.7. The lowest BCUT2D eigenvalue weighted by atomic mass is 10.2. The van der Waals surface area contributed by atoms with Crippen LogP contribution in [0.4, 0.5) is 0 Å². The van der Waals surface area contributed by atoms with Gasteiger partial charge in [0.25, 0.3) is 5.91 Å². The van der Waals surface area contributed by atoms with E-state index in [0.29, 0.717) is 23.5 Å². The Bertz CT molecular complexity index is 1210. The number of nitrogens with zero attached hydrogens (tertiary/aromatic N) is 3. The van der Waals surface area contributed by atoms with Crippen molar-refractivity contribution >= 4 is 37.5 Å². The highest BCUT2D eigenvalue weighted by Gasteiger charge is 2.18. The molecule has 1 amide bonds. The van der Waals surface area contributed by atoms with Crippen molar-refractivity contribution in [2.24, 2.45) is 4.99 Å². The lowest BCUT2D eigenvalue weighted by Gasteiger charge is -2.11. The van der Waals surface area contributed by atoms with Gasteiger partial charge < -0.3 is 9.30 Å². The molecule has 0 unspecified atom stereocenters. The van der Waals surface area contributed by atoms with Crippen LogP contribution in [0.25, 0.3) is 10.2 Å². The van der Waals surface area contributed by atoms with Crippen molar-refractivity contribution in [3.8, 4) is 5.75 Å². The Morgan fingerprint density at radius 1 is 1.14 bits per heavy atom. The summed E-state index contributed by atoms with van der Waals surface area (Å²) in [5, 5.41) is 0. The molecule has 0 bridgehead atoms. The van der Waals surface area contributed by atoms with E-state index >= 15 is 0 Å². The van der Waals surface area contributed by atoms with Crippen LogP contribution in [0.3, 0.4) is 0 Å². The van der Waals surface area contributed by atoms with E-state index in [0.717, 1.165) is 20.3 Å². The first-order valence-corrected chi connectivity index (χ1v) is 11.4. The van der Waals surface area contributed by atoms with E-state index in [1.165, 1.54) is 49.7 Å². The Kier molecular flexibility index (Phi) is 6.21. The molecule has 0 fully saturated rings. The molecular weight excluding hydrogens is 410 g/mol. The Morgan fingerprint density at radius 2 is 1.83 bits per heavy atom. The van der Waals surface area contributed by atoms with Crippen LogP contribution in [-0.2, 0) is 16.6 Å². The van der Waals surface area contributed by atoms with Gasteiger partial charge in [-0.3, -0.25) is 4.79 Å². The van der Waals surface area contributed by atoms with Crippen LogP contribution in [-0.4, -0.2) is 43.9 Å². The summed E-state index contributed by atoms with van der Waals surface area (Å²) in [7, 11) is -0.614. The van der Waals surface area contributed by atoms with Crippen LogP contribution in [0, 0.1) is 0 Å². The molecule has 0 aliphatic carbocycles. The van der Waals surface area contributed by atoms with Crippen molar-refractivity contribution in [3.05, 3.63) is 52.8 Å². The van der Waals surface area contributed by atoms with E-state index in [-0.39, 0.29) is 4.90 Å². The van der Waals surface area contributed by atoms with Crippen LogP contribution in [0.1, 0.15) is 24.2 Å². The summed E-state index contributed by atoms with van der Waals surface area (Å²) in [6, 6.07) is 11.6. The third kappa shape index (κ3) is 4.12. The molecule has 1 aromatic heterocycles. The molecule has 0 aliphatic heterocycles. The van der Waals surface area contributed by atoms with Crippen LogP contribution >= 0.6 is 11.3 Å². The van der Waals surface area contributed by atoms with Gasteiger partial charge in [-0.1, -0.05) is 17.4 Å². The van der Waals surface area contributed by atoms with Gasteiger partial charge in [-0.05, 0) is 50.2 Å². The standard InChI is InChI=1S/C20H23N3O4S2/c1-5-23-18-16(27-6-2)8-7-9-17(18)28-20(23)21-19(24)14-10-12-15(13-11-14)29(25,26)22(3)4/h7-13H,5-6H2,1-4H3. The number of ether oxygens (including phenoxy) is 1. The average molecular weight is 434 g/mol. The van der Waals surface area contributed by atoms with Crippen molar-refractivity contribution in [3.63, 3.8) is 0 Å². The highest BCUT2D eigenvalue weighted by molar-refractivity contribution is 7.89. The number of hydrogen-bond donors (Lipinski definition) is 0. The van der Waals surface area contributed by atoms with Crippen LogP contribution < -0.4 is 9.54 Å². The predicted octanol–water partition coefficient (Wildman–Crippen LogP) is 3.11. The first kappa shape index (κ1) is 21.2. The van der Waals surface area contributed by atoms with Gasteiger partial charge in [-0.15, -0.1) is 0 Å². The van der Waals surface area contributed by atoms with Gasteiger partial charge in [0.2, 0.25) is 10.0 Å². The third-order valence-electron chi connectivity index (χ3n) is 4.36. The number of carbonyl (C=O) groups excluding carboxylic acids is 1. The molecular formula is C20H23N3O4S2. The summed E-state index contributed by atoms with van der Waals surface area (Å²) in [5.74, 6) is 0.334. The van der Waals surface area contributed by atoms with Gasteiger partial charge in [0.1, 0.15) is 11.3 Å². The maximum absolute atomic E-state index is 12.7. The SMILES string of the molecule is CCOc1cccc2sc(=NC(=O)c3ccc(S(=O)(=O)N(C)C)cc3)n(CC)c12. The Balaban J connectivity index is 2.03. The van der Waals surface area contributed by atoms with Gasteiger partial charge in [0.05, 0.1) is 16.2 Å². The Labute approximate surface area is 173 Å². The fourth-order valence-corrected chi connectivity index (χ4v) is 4.89. The highest BCUT2D eigenvalue weighted by Crippen LogP contribution is 2.27. The van der Waals surface area contributed by atoms with E-state index in [4.69, 9.17) is 4.74 Å². The molecule has 154 valence electrons. The zero-order valence-corrected chi connectivity index (χ0v) is 18.4. The molecule has 0 radical (unpaired) electrons. The minimum Gasteiger partial charge on any atom is -0.492 e. The summed E-state index contributed by atoms with van der Waals surface area (Å²) >= 11 is 1.42. The predicted molar refractivity (Wildman–Crippen MR) is 114 cm³/mol. The minimum atomic E-state index is -3.54. The van der Waals surface area contributed by atoms with E-state index in [1.54, 1.807) is 0 Å². The molecule has 0 spiro atoms. The summed E-state index contributed by atoms with van der Waals surface area (Å²) in [6.45, 7) is 5.10. The molecule has 7 nitrogen and oxygen atoms in total. The second-order valence-corrected chi connectivity index (χ2v) is 9.55. The smallest absolute Gasteiger partial charge is 0.279 e. The van der Waals surface area contributed by atoms with Crippen LogP contribution in [0.5, 0.6) is 5.75 Å². The number of aryl methyl sites for hydroxylation is 1. The van der Waals surface area contributed by atoms with Gasteiger partial charge in [-0.25, -0.2) is 12.7 Å². The minimum absolute atomic E-state index is 0.130. The molecule has 0 atom stereocenters. The monoisotopic (exact) mass is 433 g/mol. The zero-order valence-electron chi connectivity index (χ0n) is 16.7. The normalized spacial score (nSPS) is 12.7. The van der Waals surface area contributed by atoms with Gasteiger partial charge >= 0.3 is 0 Å². The Hall–Kier alpha value is -2.49. The molecule has 0 saturated carbocycles. The fourth-order valence-electron chi connectivity index (χ4n) is 2.88. The number of thiazole rings is 1. The number of sulfonamides is 1. The van der Waals surface area contributed by atoms with E-state index in [9.17, 15) is 13.2 Å². The number of hydrogen-bond acceptors (Lipinski definition) is 5. The van der Waals surface area contributed by atoms with Crippen LogP contribution in [0.2, 0.25) is 0 Å². The molecule has 0 saturated heterocycles. The summed E-state index contributed by atoms with van der Waals surface area (Å²) < 4.78 is 34.1. The maximum Gasteiger partial charge on any atom is 0.279 e. The number of rotatable bonds is 6. The lowest BCUT2D eigenvalue weighted by molar-refractivity contribution is 0.0997. The van der Waals surface area contributed by atoms with Crippen LogP contribution in [0.15, 0.2) is 52.4 Å². The summed E-state index contributed by atoms with van der Waals surface area (Å²) in [6.07, 6.45) is 0. The summed E-state index contributed by atoms with van der Waals surface area (Å²) in [5.41, 5.74) is 1.24. The molecule has 2 aromatic carbocycles. The first-order valence-electron chi connectivity index (χ1n) is 9.16. The van der Waals surface area contributed by atoms with Gasteiger partial charge in [0, 0.05) is 26.2 Å². The first-order chi connectivity index (χ1) is 13.8. The number of carbonyl (C=O) groups is 1. The molecule has 0 aliphatic rings. The van der Waals surface area contributed by atoms with Crippen molar-refractivity contribution in [1.82, 2.24) is 8.87 Å². The number of para-hydroxylation sites is 1. The largest absolute Gasteiger partial charge is 0.492 e. The van der Waals surface area contributed by atoms with E-state index in [1.807, 2.05) is 36.6 Å². The van der Waals surface area contributed by atoms with E-state index in [2.05, 4.69) is 4.99 Å². The molecule has 9 heteroatoms. The molecule has 1 heterocycles. The lowest BCUT2D eigenvalue weighted by Crippen LogP contribution is -2.22. The molecule has 0 N–H and O–H groups in total. The Morgan fingerprint density at radius 3 is 2.41 bits per heavy atom. The summed E-state index contributed by atoms with van der Waals surface area (Å²) in [4.78, 5) is 17.7. The number of aromatic nitrogens is 1. The second-order valence-electron chi connectivity index (χ2n) is 6.39. The quantitative estimate of drug-likeness (QED) is 0.598.